The number of halogens is 6. The molecule has 3 aromatic rings. The van der Waals surface area contributed by atoms with Gasteiger partial charge in [0.2, 0.25) is 0 Å². The Kier molecular flexibility index (Phi) is 10.7. The maximum absolute atomic E-state index is 12.6. The summed E-state index contributed by atoms with van der Waals surface area (Å²) in [6.45, 7) is 8.39. The molecule has 0 bridgehead atoms. The van der Waals surface area contributed by atoms with Gasteiger partial charge in [0, 0.05) is 30.4 Å². The summed E-state index contributed by atoms with van der Waals surface area (Å²) in [5, 5.41) is 25.8. The first kappa shape index (κ1) is 32.9. The maximum atomic E-state index is 12.6. The number of carboxylic acid groups (broad SMARTS) is 2. The summed E-state index contributed by atoms with van der Waals surface area (Å²) in [7, 11) is 0. The molecular weight excluding hydrogens is 566 g/mol. The molecule has 1 saturated heterocycles. The summed E-state index contributed by atoms with van der Waals surface area (Å²) in [5.41, 5.74) is 2.93. The minimum absolute atomic E-state index is 0.169. The van der Waals surface area contributed by atoms with E-state index in [1.165, 1.54) is 0 Å². The minimum Gasteiger partial charge on any atom is -0.475 e. The van der Waals surface area contributed by atoms with Crippen LogP contribution in [0.2, 0.25) is 0 Å². The van der Waals surface area contributed by atoms with Crippen molar-refractivity contribution < 1.29 is 50.9 Å². The Balaban J connectivity index is 0.000000349. The average molecular weight is 592 g/mol. The summed E-state index contributed by atoms with van der Waals surface area (Å²) >= 11 is 0. The molecule has 41 heavy (non-hydrogen) atoms. The number of rotatable bonds is 4. The second kappa shape index (κ2) is 13.4. The zero-order valence-electron chi connectivity index (χ0n) is 21.9. The van der Waals surface area contributed by atoms with Crippen LogP contribution in [0, 0.1) is 6.92 Å². The molecular formula is C24H26F6N6O5. The number of hydrogen-bond donors (Lipinski definition) is 3. The lowest BCUT2D eigenvalue weighted by Crippen LogP contribution is -2.28. The van der Waals surface area contributed by atoms with Crippen LogP contribution in [0.1, 0.15) is 48.1 Å². The van der Waals surface area contributed by atoms with Gasteiger partial charge in [-0.2, -0.15) is 26.3 Å². The lowest BCUT2D eigenvalue weighted by molar-refractivity contribution is -0.193. The van der Waals surface area contributed by atoms with Crippen molar-refractivity contribution in [2.75, 3.05) is 18.4 Å². The second-order valence-corrected chi connectivity index (χ2v) is 9.03. The number of aliphatic carboxylic acids is 2. The van der Waals surface area contributed by atoms with E-state index in [1.807, 2.05) is 35.7 Å². The normalized spacial score (nSPS) is 15.5. The number of aromatic nitrogens is 4. The van der Waals surface area contributed by atoms with Crippen LogP contribution in [0.3, 0.4) is 0 Å². The molecule has 0 spiro atoms. The molecule has 17 heteroatoms. The van der Waals surface area contributed by atoms with E-state index in [0.29, 0.717) is 23.2 Å². The molecule has 0 saturated carbocycles. The third-order valence-electron chi connectivity index (χ3n) is 5.66. The number of carbonyl (C=O) groups is 3. The maximum Gasteiger partial charge on any atom is 0.490 e. The molecule has 1 atom stereocenters. The van der Waals surface area contributed by atoms with Crippen molar-refractivity contribution in [1.82, 2.24) is 24.5 Å². The van der Waals surface area contributed by atoms with Gasteiger partial charge in [-0.25, -0.2) is 9.59 Å². The third-order valence-corrected chi connectivity index (χ3v) is 5.66. The molecule has 1 aliphatic rings. The van der Waals surface area contributed by atoms with Gasteiger partial charge in [-0.3, -0.25) is 14.2 Å². The Morgan fingerprint density at radius 3 is 2.02 bits per heavy atom. The van der Waals surface area contributed by atoms with Crippen LogP contribution in [0.4, 0.5) is 32.0 Å². The number of anilines is 1. The average Bonchev–Trinajstić information content (AvgIpc) is 3.52. The molecule has 3 aromatic heterocycles. The summed E-state index contributed by atoms with van der Waals surface area (Å²) in [6.07, 6.45) is -5.61. The van der Waals surface area contributed by atoms with Crippen molar-refractivity contribution in [3.63, 3.8) is 0 Å². The van der Waals surface area contributed by atoms with Crippen LogP contribution in [0.5, 0.6) is 0 Å². The zero-order chi connectivity index (χ0) is 31.1. The first-order chi connectivity index (χ1) is 18.9. The van der Waals surface area contributed by atoms with Gasteiger partial charge < -0.3 is 20.4 Å². The van der Waals surface area contributed by atoms with Crippen molar-refractivity contribution in [1.29, 1.82) is 0 Å². The van der Waals surface area contributed by atoms with Gasteiger partial charge in [-0.15, -0.1) is 10.2 Å². The molecule has 0 aliphatic carbocycles. The van der Waals surface area contributed by atoms with Gasteiger partial charge in [0.05, 0.1) is 17.4 Å². The number of likely N-dealkylation sites (tertiary alicyclic amines) is 1. The summed E-state index contributed by atoms with van der Waals surface area (Å²) in [4.78, 5) is 37.1. The fourth-order valence-electron chi connectivity index (χ4n) is 3.53. The minimum atomic E-state index is -5.08. The molecule has 1 unspecified atom stereocenters. The van der Waals surface area contributed by atoms with Gasteiger partial charge in [0.15, 0.2) is 5.65 Å². The summed E-state index contributed by atoms with van der Waals surface area (Å²) < 4.78 is 65.4. The van der Waals surface area contributed by atoms with E-state index in [2.05, 4.69) is 39.2 Å². The molecule has 3 N–H and O–H groups in total. The molecule has 0 radical (unpaired) electrons. The molecule has 1 aliphatic heterocycles. The van der Waals surface area contributed by atoms with Crippen molar-refractivity contribution in [3.8, 4) is 0 Å². The molecule has 4 heterocycles. The van der Waals surface area contributed by atoms with Crippen molar-refractivity contribution in [2.45, 2.75) is 51.5 Å². The van der Waals surface area contributed by atoms with Gasteiger partial charge in [-0.05, 0) is 58.0 Å². The standard InChI is InChI=1S/C20H24N6O.2C2HF3O2/c1-13(2)25-9-8-15(11-25)19-24-23-18-7-5-16(12-26(18)19)20(27)22-17-6-4-14(3)21-10-17;2*3-2(4,5)1(6)7/h4-7,10,12-13,15H,8-9,11H2,1-3H3,(H,22,27);2*(H,6,7). The highest BCUT2D eigenvalue weighted by Gasteiger charge is 2.39. The monoisotopic (exact) mass is 592 g/mol. The number of nitrogens with one attached hydrogen (secondary N) is 1. The van der Waals surface area contributed by atoms with Crippen molar-refractivity contribution >= 4 is 29.2 Å². The number of aryl methyl sites for hydroxylation is 1. The van der Waals surface area contributed by atoms with Crippen LogP contribution >= 0.6 is 0 Å². The number of carbonyl (C=O) groups excluding carboxylic acids is 1. The van der Waals surface area contributed by atoms with E-state index in [4.69, 9.17) is 19.8 Å². The third kappa shape index (κ3) is 9.70. The SMILES string of the molecule is Cc1ccc(NC(=O)c2ccc3nnc(C4CCN(C(C)C)C4)n3c2)cn1.O=C(O)C(F)(F)F.O=C(O)C(F)(F)F. The van der Waals surface area contributed by atoms with E-state index < -0.39 is 24.3 Å². The van der Waals surface area contributed by atoms with E-state index in [0.717, 1.165) is 36.7 Å². The van der Waals surface area contributed by atoms with Gasteiger partial charge in [0.25, 0.3) is 5.91 Å². The number of fused-ring (bicyclic) bond motifs is 1. The highest BCUT2D eigenvalue weighted by atomic mass is 19.4. The highest BCUT2D eigenvalue weighted by Crippen LogP contribution is 2.27. The topological polar surface area (TPSA) is 150 Å². The molecule has 4 rings (SSSR count). The van der Waals surface area contributed by atoms with Crippen LogP contribution < -0.4 is 5.32 Å². The molecule has 1 amide bonds. The van der Waals surface area contributed by atoms with Crippen LogP contribution in [0.15, 0.2) is 36.7 Å². The Bertz CT molecular complexity index is 1330. The van der Waals surface area contributed by atoms with E-state index in [1.54, 1.807) is 12.3 Å². The first-order valence-electron chi connectivity index (χ1n) is 11.8. The second-order valence-electron chi connectivity index (χ2n) is 9.03. The largest absolute Gasteiger partial charge is 0.490 e. The van der Waals surface area contributed by atoms with Crippen LogP contribution in [-0.4, -0.2) is 84.0 Å². The predicted molar refractivity (Wildman–Crippen MR) is 131 cm³/mol. The predicted octanol–water partition coefficient (Wildman–Crippen LogP) is 4.15. The van der Waals surface area contributed by atoms with E-state index in [-0.39, 0.29) is 5.91 Å². The Hall–Kier alpha value is -4.28. The number of pyridine rings is 2. The molecule has 224 valence electrons. The van der Waals surface area contributed by atoms with Gasteiger partial charge >= 0.3 is 24.3 Å². The molecule has 1 fully saturated rings. The number of alkyl halides is 6. The number of hydrogen-bond acceptors (Lipinski definition) is 7. The van der Waals surface area contributed by atoms with Gasteiger partial charge in [-0.1, -0.05) is 0 Å². The number of carboxylic acids is 2. The number of amides is 1. The first-order valence-corrected chi connectivity index (χ1v) is 11.8. The molecule has 11 nitrogen and oxygen atoms in total. The summed E-state index contributed by atoms with van der Waals surface area (Å²) in [5.74, 6) is -4.42. The smallest absolute Gasteiger partial charge is 0.475 e. The van der Waals surface area contributed by atoms with E-state index in [9.17, 15) is 31.1 Å². The zero-order valence-corrected chi connectivity index (χ0v) is 21.9. The quantitative estimate of drug-likeness (QED) is 0.380. The Morgan fingerprint density at radius 2 is 1.56 bits per heavy atom. The van der Waals surface area contributed by atoms with Crippen molar-refractivity contribution in [2.24, 2.45) is 0 Å². The number of nitrogens with zero attached hydrogens (tertiary/aromatic N) is 5. The Morgan fingerprint density at radius 1 is 0.976 bits per heavy atom. The van der Waals surface area contributed by atoms with Crippen LogP contribution in [0.25, 0.3) is 5.65 Å². The lowest BCUT2D eigenvalue weighted by atomic mass is 10.1. The Labute approximate surface area is 228 Å². The van der Waals surface area contributed by atoms with Gasteiger partial charge in [0.1, 0.15) is 5.82 Å². The summed E-state index contributed by atoms with van der Waals surface area (Å²) in [6, 6.07) is 7.87. The fourth-order valence-corrected chi connectivity index (χ4v) is 3.53. The van der Waals surface area contributed by atoms with Crippen LogP contribution in [-0.2, 0) is 9.59 Å². The highest BCUT2D eigenvalue weighted by molar-refractivity contribution is 6.04. The van der Waals surface area contributed by atoms with E-state index >= 15 is 0 Å². The lowest BCUT2D eigenvalue weighted by Gasteiger charge is -2.19. The van der Waals surface area contributed by atoms with Crippen molar-refractivity contribution in [3.05, 3.63) is 53.7 Å². The fraction of sp³-hybridized carbons (Fsp3) is 0.417. The molecule has 0 aromatic carbocycles.